The van der Waals surface area contributed by atoms with Crippen LogP contribution in [0.5, 0.6) is 0 Å². The van der Waals surface area contributed by atoms with Crippen molar-refractivity contribution in [3.8, 4) is 0 Å². The molecule has 0 unspecified atom stereocenters. The standard InChI is InChI=1S/C34H49F3O6S/c1-5-24-28-18-22(38)11-14-33(28,4)27-12-15-32(3)25(9-10-26(32)30(27)31(24)40)20(2)13-16-43-29(39)19-44(41,42)23-8-6-7-21(17-23)34(35,36)37/h6-8,17,20,22,24-28,30-31,38,40H,5,9-16,18-19H2,1-4H3/t20-,22-,24-,25-,26+,27+,28+,30+,31-,32-,33-/m1/s1. The molecule has 4 fully saturated rings. The molecule has 0 heterocycles. The van der Waals surface area contributed by atoms with Gasteiger partial charge in [0.1, 0.15) is 0 Å². The highest BCUT2D eigenvalue weighted by atomic mass is 32.2. The number of halogens is 3. The molecule has 0 amide bonds. The molecule has 44 heavy (non-hydrogen) atoms. The van der Waals surface area contributed by atoms with Crippen molar-refractivity contribution in [3.63, 3.8) is 0 Å². The first-order valence-electron chi connectivity index (χ1n) is 16.4. The van der Waals surface area contributed by atoms with Crippen LogP contribution in [0, 0.1) is 52.3 Å². The Labute approximate surface area is 260 Å². The second kappa shape index (κ2) is 12.2. The molecule has 0 aromatic heterocycles. The number of carbonyl (C=O) groups excluding carboxylic acids is 1. The van der Waals surface area contributed by atoms with E-state index in [1.165, 1.54) is 0 Å². The predicted molar refractivity (Wildman–Crippen MR) is 160 cm³/mol. The number of hydrogen-bond donors (Lipinski definition) is 2. The van der Waals surface area contributed by atoms with Crippen LogP contribution in [0.4, 0.5) is 13.2 Å². The fourth-order valence-corrected chi connectivity index (χ4v) is 11.8. The Hall–Kier alpha value is -1.65. The zero-order valence-electron chi connectivity index (χ0n) is 26.4. The Morgan fingerprint density at radius 2 is 1.73 bits per heavy atom. The van der Waals surface area contributed by atoms with E-state index in [0.717, 1.165) is 69.6 Å². The zero-order chi connectivity index (χ0) is 32.2. The van der Waals surface area contributed by atoms with Crippen molar-refractivity contribution in [1.82, 2.24) is 0 Å². The molecule has 2 N–H and O–H groups in total. The normalized spacial score (nSPS) is 39.6. The number of sulfone groups is 1. The van der Waals surface area contributed by atoms with E-state index in [4.69, 9.17) is 4.74 Å². The lowest BCUT2D eigenvalue weighted by molar-refractivity contribution is -0.203. The van der Waals surface area contributed by atoms with Gasteiger partial charge in [-0.25, -0.2) is 8.42 Å². The molecule has 1 aromatic carbocycles. The second-order valence-corrected chi connectivity index (χ2v) is 16.9. The number of carbonyl (C=O) groups is 1. The van der Waals surface area contributed by atoms with Crippen molar-refractivity contribution >= 4 is 15.8 Å². The van der Waals surface area contributed by atoms with Gasteiger partial charge in [0.05, 0.1) is 29.3 Å². The van der Waals surface area contributed by atoms with E-state index in [1.807, 2.05) is 0 Å². The van der Waals surface area contributed by atoms with Gasteiger partial charge in [0.2, 0.25) is 0 Å². The highest BCUT2D eigenvalue weighted by Gasteiger charge is 2.64. The van der Waals surface area contributed by atoms with Crippen LogP contribution in [0.1, 0.15) is 91.0 Å². The summed E-state index contributed by atoms with van der Waals surface area (Å²) in [4.78, 5) is 11.9. The Kier molecular flexibility index (Phi) is 9.33. The summed E-state index contributed by atoms with van der Waals surface area (Å²) < 4.78 is 69.7. The van der Waals surface area contributed by atoms with E-state index in [0.29, 0.717) is 36.2 Å². The van der Waals surface area contributed by atoms with E-state index in [-0.39, 0.29) is 47.4 Å². The van der Waals surface area contributed by atoms with Crippen LogP contribution in [0.25, 0.3) is 0 Å². The summed E-state index contributed by atoms with van der Waals surface area (Å²) in [5, 5.41) is 22.4. The minimum Gasteiger partial charge on any atom is -0.465 e. The topological polar surface area (TPSA) is 101 Å². The molecule has 248 valence electrons. The van der Waals surface area contributed by atoms with Gasteiger partial charge in [0, 0.05) is 0 Å². The number of aliphatic hydroxyl groups excluding tert-OH is 2. The van der Waals surface area contributed by atoms with Crippen LogP contribution in [0.3, 0.4) is 0 Å². The number of rotatable bonds is 8. The third kappa shape index (κ3) is 5.96. The van der Waals surface area contributed by atoms with Gasteiger partial charge in [-0.05, 0) is 122 Å². The maximum atomic E-state index is 13.0. The fourth-order valence-electron chi connectivity index (χ4n) is 10.6. The molecule has 0 bridgehead atoms. The van der Waals surface area contributed by atoms with Crippen molar-refractivity contribution in [2.24, 2.45) is 52.3 Å². The highest BCUT2D eigenvalue weighted by molar-refractivity contribution is 7.92. The van der Waals surface area contributed by atoms with Crippen LogP contribution < -0.4 is 0 Å². The van der Waals surface area contributed by atoms with E-state index in [9.17, 15) is 36.6 Å². The fraction of sp³-hybridized carbons (Fsp3) is 0.794. The minimum atomic E-state index is -4.69. The summed E-state index contributed by atoms with van der Waals surface area (Å²) >= 11 is 0. The van der Waals surface area contributed by atoms with Gasteiger partial charge >= 0.3 is 12.1 Å². The van der Waals surface area contributed by atoms with Gasteiger partial charge in [-0.3, -0.25) is 4.79 Å². The molecule has 5 rings (SSSR count). The van der Waals surface area contributed by atoms with Crippen molar-refractivity contribution in [1.29, 1.82) is 0 Å². The molecule has 0 saturated heterocycles. The number of hydrogen-bond acceptors (Lipinski definition) is 6. The van der Waals surface area contributed by atoms with Crippen molar-refractivity contribution in [3.05, 3.63) is 29.8 Å². The van der Waals surface area contributed by atoms with E-state index in [1.54, 1.807) is 0 Å². The van der Waals surface area contributed by atoms with Crippen LogP contribution in [-0.2, 0) is 25.5 Å². The van der Waals surface area contributed by atoms with E-state index < -0.39 is 38.2 Å². The van der Waals surface area contributed by atoms with Crippen molar-refractivity contribution in [2.45, 2.75) is 109 Å². The lowest BCUT2D eigenvalue weighted by Gasteiger charge is -2.64. The molecule has 1 aromatic rings. The third-order valence-corrected chi connectivity index (χ3v) is 14.4. The molecule has 4 aliphatic rings. The van der Waals surface area contributed by atoms with Crippen molar-refractivity contribution in [2.75, 3.05) is 12.4 Å². The first kappa shape index (κ1) is 33.7. The molecular formula is C34H49F3O6S. The van der Waals surface area contributed by atoms with Gasteiger partial charge in [0.15, 0.2) is 15.6 Å². The summed E-state index contributed by atoms with van der Waals surface area (Å²) in [6, 6.07) is 3.39. The van der Waals surface area contributed by atoms with E-state index >= 15 is 0 Å². The number of fused-ring (bicyclic) bond motifs is 5. The SMILES string of the molecule is CC[C@H]1[C@@H](O)[C@@H]2[C@H](CC[C@]3(C)[C@@H]([C@H](C)CCOC(=O)CS(=O)(=O)c4cccc(C(F)(F)F)c4)CC[C@@H]23)[C@@]2(C)CC[C@@H](O)C[C@@H]12. The first-order chi connectivity index (χ1) is 20.5. The summed E-state index contributed by atoms with van der Waals surface area (Å²) in [5.41, 5.74) is -0.901. The van der Waals surface area contributed by atoms with E-state index in [2.05, 4.69) is 27.7 Å². The van der Waals surface area contributed by atoms with Gasteiger partial charge < -0.3 is 14.9 Å². The Balaban J connectivity index is 1.21. The molecule has 4 saturated carbocycles. The molecule has 11 atom stereocenters. The van der Waals surface area contributed by atoms with Crippen LogP contribution in [0.15, 0.2) is 29.2 Å². The summed E-state index contributed by atoms with van der Waals surface area (Å²) in [7, 11) is -4.29. The molecule has 10 heteroatoms. The van der Waals surface area contributed by atoms with Gasteiger partial charge in [0.25, 0.3) is 0 Å². The average Bonchev–Trinajstić information content (AvgIpc) is 3.30. The molecule has 0 spiro atoms. The molecule has 0 aliphatic heterocycles. The Bertz CT molecular complexity index is 1320. The van der Waals surface area contributed by atoms with Gasteiger partial charge in [-0.15, -0.1) is 0 Å². The maximum absolute atomic E-state index is 13.0. The summed E-state index contributed by atoms with van der Waals surface area (Å²) in [6.07, 6.45) is 3.02. The summed E-state index contributed by atoms with van der Waals surface area (Å²) in [5.74, 6) is 0.252. The first-order valence-corrected chi connectivity index (χ1v) is 18.1. The lowest BCUT2D eigenvalue weighted by atomic mass is 9.41. The predicted octanol–water partition coefficient (Wildman–Crippen LogP) is 6.68. The molecule has 6 nitrogen and oxygen atoms in total. The van der Waals surface area contributed by atoms with Gasteiger partial charge in [-0.1, -0.05) is 40.2 Å². The smallest absolute Gasteiger partial charge is 0.416 e. The number of ether oxygens (including phenoxy) is 1. The molecule has 4 aliphatic carbocycles. The number of esters is 1. The third-order valence-electron chi connectivity index (χ3n) is 12.8. The van der Waals surface area contributed by atoms with Crippen LogP contribution in [-0.4, -0.2) is 49.2 Å². The largest absolute Gasteiger partial charge is 0.465 e. The number of benzene rings is 1. The van der Waals surface area contributed by atoms with Gasteiger partial charge in [-0.2, -0.15) is 13.2 Å². The average molecular weight is 643 g/mol. The quantitative estimate of drug-likeness (QED) is 0.307. The monoisotopic (exact) mass is 642 g/mol. The second-order valence-electron chi connectivity index (χ2n) is 14.9. The minimum absolute atomic E-state index is 0.0457. The lowest BCUT2D eigenvalue weighted by Crippen LogP contribution is -2.62. The maximum Gasteiger partial charge on any atom is 0.416 e. The molecule has 0 radical (unpaired) electrons. The highest BCUT2D eigenvalue weighted by Crippen LogP contribution is 2.69. The summed E-state index contributed by atoms with van der Waals surface area (Å²) in [6.45, 7) is 9.18. The number of aliphatic hydroxyl groups is 2. The number of alkyl halides is 3. The van der Waals surface area contributed by atoms with Crippen LogP contribution >= 0.6 is 0 Å². The zero-order valence-corrected chi connectivity index (χ0v) is 27.2. The Morgan fingerprint density at radius 1 is 1.05 bits per heavy atom. The van der Waals surface area contributed by atoms with Crippen molar-refractivity contribution < 1.29 is 41.3 Å². The van der Waals surface area contributed by atoms with Crippen LogP contribution in [0.2, 0.25) is 0 Å². The molecular weight excluding hydrogens is 593 g/mol. The Morgan fingerprint density at radius 3 is 2.41 bits per heavy atom.